The average Bonchev–Trinajstić information content (AvgIpc) is 2.91. The molecule has 10 heteroatoms. The van der Waals surface area contributed by atoms with Gasteiger partial charge in [-0.2, -0.15) is 14.6 Å². The van der Waals surface area contributed by atoms with E-state index >= 15 is 0 Å². The van der Waals surface area contributed by atoms with Crippen molar-refractivity contribution in [3.63, 3.8) is 0 Å². The van der Waals surface area contributed by atoms with E-state index in [0.29, 0.717) is 5.56 Å². The number of hydrogen-bond acceptors (Lipinski definition) is 8. The van der Waals surface area contributed by atoms with Crippen molar-refractivity contribution in [2.45, 2.75) is 30.8 Å². The van der Waals surface area contributed by atoms with Crippen molar-refractivity contribution < 1.29 is 20.1 Å². The summed E-state index contributed by atoms with van der Waals surface area (Å²) in [6.45, 7) is 0.918. The standard InChI is InChI=1S/C11H15N5O5/c1-11(20)6(18)5(3-17)21-7(11)4-2-13-16-8(4)14-9(12)15-10(16)19/h2,5-7,17-18,20H,3H2,1H3,(H3,12,14,15,19)/t5-,6-,7?,11-/m1/s1. The average molecular weight is 297 g/mol. The van der Waals surface area contributed by atoms with Gasteiger partial charge >= 0.3 is 5.69 Å². The number of hydrogen-bond donors (Lipinski definition) is 5. The van der Waals surface area contributed by atoms with E-state index in [1.54, 1.807) is 0 Å². The highest BCUT2D eigenvalue weighted by atomic mass is 16.6. The summed E-state index contributed by atoms with van der Waals surface area (Å²) in [5.74, 6) is -0.105. The van der Waals surface area contributed by atoms with Gasteiger partial charge < -0.3 is 25.8 Å². The summed E-state index contributed by atoms with van der Waals surface area (Å²) in [5, 5.41) is 33.5. The third-order valence-corrected chi connectivity index (χ3v) is 3.68. The monoisotopic (exact) mass is 297 g/mol. The van der Waals surface area contributed by atoms with Crippen molar-refractivity contribution in [1.29, 1.82) is 0 Å². The molecule has 1 aliphatic rings. The van der Waals surface area contributed by atoms with Gasteiger partial charge in [0.2, 0.25) is 5.95 Å². The third-order valence-electron chi connectivity index (χ3n) is 3.68. The lowest BCUT2D eigenvalue weighted by molar-refractivity contribution is -0.0641. The van der Waals surface area contributed by atoms with Crippen LogP contribution < -0.4 is 11.4 Å². The SMILES string of the molecule is C[C@]1(O)C(c2cnn3c(=O)[nH]c(N)nc23)O[C@H](CO)[C@H]1O. The molecule has 21 heavy (non-hydrogen) atoms. The fraction of sp³-hybridized carbons (Fsp3) is 0.545. The molecule has 114 valence electrons. The van der Waals surface area contributed by atoms with E-state index in [1.807, 2.05) is 0 Å². The largest absolute Gasteiger partial charge is 0.394 e. The van der Waals surface area contributed by atoms with Gasteiger partial charge in [0.15, 0.2) is 5.65 Å². The first-order valence-electron chi connectivity index (χ1n) is 6.26. The van der Waals surface area contributed by atoms with E-state index in [2.05, 4.69) is 15.1 Å². The number of nitrogens with zero attached hydrogens (tertiary/aromatic N) is 3. The fourth-order valence-corrected chi connectivity index (χ4v) is 2.55. The van der Waals surface area contributed by atoms with Crippen molar-refractivity contribution in [3.05, 3.63) is 22.2 Å². The van der Waals surface area contributed by atoms with E-state index in [0.717, 1.165) is 4.52 Å². The Hall–Kier alpha value is -2.01. The summed E-state index contributed by atoms with van der Waals surface area (Å²) < 4.78 is 6.45. The molecule has 4 atom stereocenters. The maximum atomic E-state index is 11.7. The molecular weight excluding hydrogens is 282 g/mol. The molecule has 3 rings (SSSR count). The Morgan fingerprint density at radius 1 is 1.62 bits per heavy atom. The maximum Gasteiger partial charge on any atom is 0.350 e. The topological polar surface area (TPSA) is 159 Å². The zero-order valence-corrected chi connectivity index (χ0v) is 11.1. The second-order valence-electron chi connectivity index (χ2n) is 5.17. The predicted octanol–water partition coefficient (Wildman–Crippen LogP) is -2.46. The second kappa shape index (κ2) is 4.49. The lowest BCUT2D eigenvalue weighted by Crippen LogP contribution is -2.43. The van der Waals surface area contributed by atoms with Crippen molar-refractivity contribution in [1.82, 2.24) is 19.6 Å². The quantitative estimate of drug-likeness (QED) is 0.408. The summed E-state index contributed by atoms with van der Waals surface area (Å²) in [5.41, 5.74) is 3.66. The van der Waals surface area contributed by atoms with Crippen LogP contribution in [-0.2, 0) is 4.74 Å². The van der Waals surface area contributed by atoms with Gasteiger partial charge in [-0.05, 0) is 6.92 Å². The number of H-pyrrole nitrogens is 1. The first-order valence-corrected chi connectivity index (χ1v) is 6.26. The number of aliphatic hydroxyl groups is 3. The Labute approximate surface area is 117 Å². The second-order valence-corrected chi connectivity index (χ2v) is 5.17. The van der Waals surface area contributed by atoms with Gasteiger partial charge in [0.1, 0.15) is 23.9 Å². The number of aliphatic hydroxyl groups excluding tert-OH is 2. The minimum Gasteiger partial charge on any atom is -0.394 e. The third kappa shape index (κ3) is 1.92. The van der Waals surface area contributed by atoms with Crippen LogP contribution in [-0.4, -0.2) is 59.3 Å². The van der Waals surface area contributed by atoms with Crippen LogP contribution in [0.2, 0.25) is 0 Å². The van der Waals surface area contributed by atoms with E-state index < -0.39 is 36.2 Å². The molecule has 1 saturated heterocycles. The summed E-state index contributed by atoms with van der Waals surface area (Å²) in [4.78, 5) is 18.0. The number of rotatable bonds is 2. The molecule has 0 amide bonds. The van der Waals surface area contributed by atoms with E-state index in [-0.39, 0.29) is 11.6 Å². The molecule has 6 N–H and O–H groups in total. The summed E-state index contributed by atoms with van der Waals surface area (Å²) in [6, 6.07) is 0. The molecule has 3 heterocycles. The zero-order valence-electron chi connectivity index (χ0n) is 11.1. The van der Waals surface area contributed by atoms with Crippen LogP contribution in [0.1, 0.15) is 18.6 Å². The van der Waals surface area contributed by atoms with Crippen LogP contribution in [0.3, 0.4) is 0 Å². The Balaban J connectivity index is 2.15. The highest BCUT2D eigenvalue weighted by Gasteiger charge is 2.53. The number of nitrogens with two attached hydrogens (primary N) is 1. The van der Waals surface area contributed by atoms with Crippen LogP contribution in [0.5, 0.6) is 0 Å². The first kappa shape index (κ1) is 13.9. The number of nitrogens with one attached hydrogen (secondary N) is 1. The summed E-state index contributed by atoms with van der Waals surface area (Å²) in [7, 11) is 0. The molecule has 0 bridgehead atoms. The molecule has 0 aliphatic carbocycles. The molecule has 1 fully saturated rings. The molecule has 2 aromatic heterocycles. The number of ether oxygens (including phenoxy) is 1. The highest BCUT2D eigenvalue weighted by molar-refractivity contribution is 5.50. The smallest absolute Gasteiger partial charge is 0.350 e. The van der Waals surface area contributed by atoms with Crippen LogP contribution in [0.25, 0.3) is 5.65 Å². The molecule has 10 nitrogen and oxygen atoms in total. The Morgan fingerprint density at radius 2 is 2.33 bits per heavy atom. The molecule has 0 spiro atoms. The molecular formula is C11H15N5O5. The van der Waals surface area contributed by atoms with E-state index in [1.165, 1.54) is 13.1 Å². The Kier molecular flexibility index (Phi) is 2.99. The van der Waals surface area contributed by atoms with Gasteiger partial charge in [-0.3, -0.25) is 4.98 Å². The Morgan fingerprint density at radius 3 is 2.95 bits per heavy atom. The molecule has 1 unspecified atom stereocenters. The highest BCUT2D eigenvalue weighted by Crippen LogP contribution is 2.42. The summed E-state index contributed by atoms with van der Waals surface area (Å²) in [6.07, 6.45) is -1.93. The van der Waals surface area contributed by atoms with Gasteiger partial charge in [0, 0.05) is 5.56 Å². The molecule has 1 aliphatic heterocycles. The number of fused-ring (bicyclic) bond motifs is 1. The molecule has 0 aromatic carbocycles. The minimum atomic E-state index is -1.67. The summed E-state index contributed by atoms with van der Waals surface area (Å²) >= 11 is 0. The van der Waals surface area contributed by atoms with Gasteiger partial charge in [-0.25, -0.2) is 4.79 Å². The number of aromatic amines is 1. The van der Waals surface area contributed by atoms with Gasteiger partial charge in [-0.15, -0.1) is 0 Å². The molecule has 0 radical (unpaired) electrons. The van der Waals surface area contributed by atoms with Crippen molar-refractivity contribution >= 4 is 11.6 Å². The normalized spacial score (nSPS) is 32.9. The lowest BCUT2D eigenvalue weighted by atomic mass is 9.90. The number of nitrogen functional groups attached to an aromatic ring is 1. The zero-order chi connectivity index (χ0) is 15.4. The molecule has 2 aromatic rings. The number of anilines is 1. The van der Waals surface area contributed by atoms with Crippen LogP contribution in [0.4, 0.5) is 5.95 Å². The fourth-order valence-electron chi connectivity index (χ4n) is 2.55. The van der Waals surface area contributed by atoms with E-state index in [4.69, 9.17) is 10.5 Å². The van der Waals surface area contributed by atoms with Gasteiger partial charge in [-0.1, -0.05) is 0 Å². The van der Waals surface area contributed by atoms with Gasteiger partial charge in [0.05, 0.1) is 12.8 Å². The van der Waals surface area contributed by atoms with Crippen molar-refractivity contribution in [2.24, 2.45) is 0 Å². The maximum absolute atomic E-state index is 11.7. The van der Waals surface area contributed by atoms with Crippen LogP contribution >= 0.6 is 0 Å². The number of aromatic nitrogens is 4. The lowest BCUT2D eigenvalue weighted by Gasteiger charge is -2.25. The first-order chi connectivity index (χ1) is 9.86. The minimum absolute atomic E-state index is 0.105. The van der Waals surface area contributed by atoms with Crippen molar-refractivity contribution in [3.8, 4) is 0 Å². The van der Waals surface area contributed by atoms with Crippen molar-refractivity contribution in [2.75, 3.05) is 12.3 Å². The van der Waals surface area contributed by atoms with Crippen LogP contribution in [0.15, 0.2) is 11.0 Å². The van der Waals surface area contributed by atoms with Gasteiger partial charge in [0.25, 0.3) is 0 Å². The predicted molar refractivity (Wildman–Crippen MR) is 69.4 cm³/mol. The van der Waals surface area contributed by atoms with Crippen LogP contribution in [0, 0.1) is 0 Å². The Bertz CT molecular complexity index is 738. The molecule has 0 saturated carbocycles. The van der Waals surface area contributed by atoms with E-state index in [9.17, 15) is 20.1 Å².